The van der Waals surface area contributed by atoms with E-state index in [2.05, 4.69) is 36.3 Å². The van der Waals surface area contributed by atoms with Gasteiger partial charge in [-0.05, 0) is 69.6 Å². The van der Waals surface area contributed by atoms with Crippen molar-refractivity contribution < 1.29 is 0 Å². The highest BCUT2D eigenvalue weighted by molar-refractivity contribution is 6.31. The van der Waals surface area contributed by atoms with Gasteiger partial charge in [0, 0.05) is 11.6 Å². The molecule has 0 aliphatic carbocycles. The number of nitrogens with zero attached hydrogens (tertiary/aromatic N) is 1. The number of piperidine rings is 1. The van der Waals surface area contributed by atoms with Gasteiger partial charge in [-0.3, -0.25) is 0 Å². The Morgan fingerprint density at radius 1 is 1.33 bits per heavy atom. The Hall–Kier alpha value is -0.570. The summed E-state index contributed by atoms with van der Waals surface area (Å²) in [6.45, 7) is 6.53. The normalized spacial score (nSPS) is 18.2. The summed E-state index contributed by atoms with van der Waals surface area (Å²) in [7, 11) is 2.20. The fraction of sp³-hybridized carbons (Fsp3) is 0.600. The number of halogens is 1. The molecular formula is C15H23ClN2. The van der Waals surface area contributed by atoms with E-state index >= 15 is 0 Å². The summed E-state index contributed by atoms with van der Waals surface area (Å²) >= 11 is 6.22. The lowest BCUT2D eigenvalue weighted by Crippen LogP contribution is -2.34. The van der Waals surface area contributed by atoms with E-state index < -0.39 is 0 Å². The molecule has 100 valence electrons. The number of hydrogen-bond acceptors (Lipinski definition) is 2. The van der Waals surface area contributed by atoms with Gasteiger partial charge in [-0.1, -0.05) is 23.7 Å². The number of hydrogen-bond donors (Lipinski definition) is 1. The van der Waals surface area contributed by atoms with Crippen LogP contribution in [0.3, 0.4) is 0 Å². The maximum atomic E-state index is 6.22. The third kappa shape index (κ3) is 3.98. The topological polar surface area (TPSA) is 15.3 Å². The second-order valence-corrected chi connectivity index (χ2v) is 5.88. The number of nitrogens with one attached hydrogen (secondary N) is 1. The predicted octanol–water partition coefficient (Wildman–Crippen LogP) is 3.08. The van der Waals surface area contributed by atoms with Crippen LogP contribution in [0.2, 0.25) is 5.02 Å². The summed E-state index contributed by atoms with van der Waals surface area (Å²) in [5.74, 6) is 0.824. The highest BCUT2D eigenvalue weighted by atomic mass is 35.5. The molecule has 0 bridgehead atoms. The summed E-state index contributed by atoms with van der Waals surface area (Å²) in [6.07, 6.45) is 2.62. The van der Waals surface area contributed by atoms with Gasteiger partial charge in [-0.15, -0.1) is 0 Å². The van der Waals surface area contributed by atoms with Gasteiger partial charge in [-0.25, -0.2) is 0 Å². The van der Waals surface area contributed by atoms with Crippen LogP contribution >= 0.6 is 11.6 Å². The van der Waals surface area contributed by atoms with Crippen LogP contribution in [0.25, 0.3) is 0 Å². The lowest BCUT2D eigenvalue weighted by atomic mass is 9.97. The van der Waals surface area contributed by atoms with Gasteiger partial charge in [0.2, 0.25) is 0 Å². The molecule has 0 aromatic heterocycles. The summed E-state index contributed by atoms with van der Waals surface area (Å²) in [6, 6.07) is 6.28. The van der Waals surface area contributed by atoms with Crippen LogP contribution in [-0.2, 0) is 6.54 Å². The average Bonchev–Trinajstić information content (AvgIpc) is 2.34. The molecule has 0 saturated carbocycles. The molecule has 1 N–H and O–H groups in total. The van der Waals surface area contributed by atoms with E-state index in [9.17, 15) is 0 Å². The Labute approximate surface area is 115 Å². The second kappa shape index (κ2) is 6.55. The molecule has 1 aliphatic heterocycles. The van der Waals surface area contributed by atoms with Crippen molar-refractivity contribution in [3.8, 4) is 0 Å². The first-order chi connectivity index (χ1) is 8.65. The molecule has 2 nitrogen and oxygen atoms in total. The van der Waals surface area contributed by atoms with Gasteiger partial charge < -0.3 is 10.2 Å². The molecule has 18 heavy (non-hydrogen) atoms. The number of benzene rings is 1. The smallest absolute Gasteiger partial charge is 0.0453 e. The van der Waals surface area contributed by atoms with Gasteiger partial charge in [0.25, 0.3) is 0 Å². The zero-order valence-electron chi connectivity index (χ0n) is 11.4. The summed E-state index contributed by atoms with van der Waals surface area (Å²) in [5.41, 5.74) is 2.43. The zero-order chi connectivity index (χ0) is 13.0. The Kier molecular flexibility index (Phi) is 5.04. The summed E-state index contributed by atoms with van der Waals surface area (Å²) < 4.78 is 0. The van der Waals surface area contributed by atoms with Crippen LogP contribution in [0.15, 0.2) is 18.2 Å². The van der Waals surface area contributed by atoms with Crippen molar-refractivity contribution in [2.75, 3.05) is 26.7 Å². The van der Waals surface area contributed by atoms with Gasteiger partial charge in [0.05, 0.1) is 0 Å². The van der Waals surface area contributed by atoms with Crippen LogP contribution in [-0.4, -0.2) is 31.6 Å². The van der Waals surface area contributed by atoms with Crippen molar-refractivity contribution in [2.24, 2.45) is 5.92 Å². The van der Waals surface area contributed by atoms with Gasteiger partial charge in [0.1, 0.15) is 0 Å². The van der Waals surface area contributed by atoms with Crippen LogP contribution < -0.4 is 5.32 Å². The van der Waals surface area contributed by atoms with Gasteiger partial charge >= 0.3 is 0 Å². The van der Waals surface area contributed by atoms with E-state index in [0.29, 0.717) is 0 Å². The van der Waals surface area contributed by atoms with Crippen molar-refractivity contribution >= 4 is 11.6 Å². The van der Waals surface area contributed by atoms with Crippen molar-refractivity contribution in [3.05, 3.63) is 34.3 Å². The van der Waals surface area contributed by atoms with Gasteiger partial charge in [0.15, 0.2) is 0 Å². The highest BCUT2D eigenvalue weighted by Crippen LogP contribution is 2.18. The fourth-order valence-corrected chi connectivity index (χ4v) is 2.77. The molecule has 3 heteroatoms. The predicted molar refractivity (Wildman–Crippen MR) is 78.1 cm³/mol. The zero-order valence-corrected chi connectivity index (χ0v) is 12.1. The molecule has 0 spiro atoms. The fourth-order valence-electron chi connectivity index (χ4n) is 2.47. The molecule has 1 aliphatic rings. The van der Waals surface area contributed by atoms with E-state index in [4.69, 9.17) is 11.6 Å². The maximum absolute atomic E-state index is 6.22. The number of likely N-dealkylation sites (tertiary alicyclic amines) is 1. The average molecular weight is 267 g/mol. The van der Waals surface area contributed by atoms with Crippen LogP contribution in [0.4, 0.5) is 0 Å². The van der Waals surface area contributed by atoms with Crippen LogP contribution in [0, 0.1) is 12.8 Å². The molecule has 1 fully saturated rings. The largest absolute Gasteiger partial charge is 0.312 e. The first kappa shape index (κ1) is 13.9. The van der Waals surface area contributed by atoms with E-state index in [1.54, 1.807) is 0 Å². The first-order valence-electron chi connectivity index (χ1n) is 6.79. The highest BCUT2D eigenvalue weighted by Gasteiger charge is 2.15. The minimum Gasteiger partial charge on any atom is -0.312 e. The molecule has 0 atom stereocenters. The number of aryl methyl sites for hydroxylation is 1. The lowest BCUT2D eigenvalue weighted by Gasteiger charge is -2.29. The molecular weight excluding hydrogens is 244 g/mol. The van der Waals surface area contributed by atoms with Crippen molar-refractivity contribution in [3.63, 3.8) is 0 Å². The minimum atomic E-state index is 0.824. The second-order valence-electron chi connectivity index (χ2n) is 5.47. The molecule has 1 aromatic carbocycles. The standard InChI is InChI=1S/C15H23ClN2/c1-12-3-4-14(15(16)9-12)11-17-10-13-5-7-18(2)8-6-13/h3-4,9,13,17H,5-8,10-11H2,1-2H3. The van der Waals surface area contributed by atoms with Crippen molar-refractivity contribution in [1.29, 1.82) is 0 Å². The molecule has 0 unspecified atom stereocenters. The third-order valence-corrected chi connectivity index (χ3v) is 4.15. The van der Waals surface area contributed by atoms with E-state index in [0.717, 1.165) is 24.0 Å². The minimum absolute atomic E-state index is 0.824. The maximum Gasteiger partial charge on any atom is 0.0453 e. The first-order valence-corrected chi connectivity index (χ1v) is 7.17. The van der Waals surface area contributed by atoms with Crippen LogP contribution in [0.5, 0.6) is 0 Å². The van der Waals surface area contributed by atoms with Crippen molar-refractivity contribution in [2.45, 2.75) is 26.3 Å². The Morgan fingerprint density at radius 3 is 2.72 bits per heavy atom. The molecule has 0 radical (unpaired) electrons. The lowest BCUT2D eigenvalue weighted by molar-refractivity contribution is 0.216. The molecule has 1 heterocycles. The Bertz CT molecular complexity index is 384. The summed E-state index contributed by atoms with van der Waals surface area (Å²) in [4.78, 5) is 2.41. The SMILES string of the molecule is Cc1ccc(CNCC2CCN(C)CC2)c(Cl)c1. The quantitative estimate of drug-likeness (QED) is 0.901. The Morgan fingerprint density at radius 2 is 2.06 bits per heavy atom. The molecule has 1 saturated heterocycles. The third-order valence-electron chi connectivity index (χ3n) is 3.80. The van der Waals surface area contributed by atoms with E-state index in [1.807, 2.05) is 6.07 Å². The molecule has 0 amide bonds. The van der Waals surface area contributed by atoms with Crippen LogP contribution in [0.1, 0.15) is 24.0 Å². The molecule has 1 aromatic rings. The number of rotatable bonds is 4. The van der Waals surface area contributed by atoms with E-state index in [-0.39, 0.29) is 0 Å². The monoisotopic (exact) mass is 266 g/mol. The van der Waals surface area contributed by atoms with Crippen molar-refractivity contribution in [1.82, 2.24) is 10.2 Å². The Balaban J connectivity index is 1.75. The molecule has 2 rings (SSSR count). The van der Waals surface area contributed by atoms with E-state index in [1.165, 1.54) is 37.1 Å². The summed E-state index contributed by atoms with van der Waals surface area (Å²) in [5, 5.41) is 4.42. The van der Waals surface area contributed by atoms with Gasteiger partial charge in [-0.2, -0.15) is 0 Å².